The van der Waals surface area contributed by atoms with E-state index in [9.17, 15) is 0 Å². The Morgan fingerprint density at radius 3 is 3.05 bits per heavy atom. The van der Waals surface area contributed by atoms with Crippen molar-refractivity contribution >= 4 is 11.6 Å². The second-order valence-electron chi connectivity index (χ2n) is 4.15. The van der Waals surface area contributed by atoms with E-state index in [4.69, 9.17) is 16.3 Å². The number of nitrogens with zero attached hydrogens (tertiary/aromatic N) is 2. The molecule has 0 saturated heterocycles. The lowest BCUT2D eigenvalue weighted by Gasteiger charge is -2.12. The Kier molecular flexibility index (Phi) is 5.24. The number of rotatable bonds is 7. The Morgan fingerprint density at radius 1 is 1.42 bits per heavy atom. The third kappa shape index (κ3) is 4.26. The fraction of sp³-hybridized carbons (Fsp3) is 0.357. The highest BCUT2D eigenvalue weighted by atomic mass is 35.5. The summed E-state index contributed by atoms with van der Waals surface area (Å²) in [6.45, 7) is 5.06. The normalized spacial score (nSPS) is 10.6. The predicted molar refractivity (Wildman–Crippen MR) is 76.6 cm³/mol. The fourth-order valence-electron chi connectivity index (χ4n) is 1.77. The van der Waals surface area contributed by atoms with E-state index in [1.54, 1.807) is 6.20 Å². The molecule has 0 fully saturated rings. The molecule has 0 atom stereocenters. The Hall–Kier alpha value is -1.52. The Bertz CT molecular complexity index is 499. The maximum atomic E-state index is 6.01. The second kappa shape index (κ2) is 7.16. The van der Waals surface area contributed by atoms with Crippen molar-refractivity contribution in [3.05, 3.63) is 47.2 Å². The minimum Gasteiger partial charge on any atom is -0.491 e. The number of nitrogens with one attached hydrogen (secondary N) is 1. The van der Waals surface area contributed by atoms with Gasteiger partial charge in [-0.15, -0.1) is 0 Å². The van der Waals surface area contributed by atoms with Crippen LogP contribution in [0.3, 0.4) is 0 Å². The van der Waals surface area contributed by atoms with Gasteiger partial charge in [-0.1, -0.05) is 18.5 Å². The van der Waals surface area contributed by atoms with Crippen molar-refractivity contribution in [1.29, 1.82) is 0 Å². The zero-order valence-electron chi connectivity index (χ0n) is 11.0. The van der Waals surface area contributed by atoms with Crippen LogP contribution >= 0.6 is 11.6 Å². The summed E-state index contributed by atoms with van der Waals surface area (Å²) in [6, 6.07) is 7.60. The molecule has 0 aliphatic heterocycles. The molecule has 1 aromatic carbocycles. The van der Waals surface area contributed by atoms with Crippen LogP contribution in [0.25, 0.3) is 0 Å². The third-order valence-electron chi connectivity index (χ3n) is 2.73. The van der Waals surface area contributed by atoms with Crippen LogP contribution in [0, 0.1) is 0 Å². The van der Waals surface area contributed by atoms with Gasteiger partial charge in [-0.2, -0.15) is 5.10 Å². The highest BCUT2D eigenvalue weighted by Gasteiger charge is 2.04. The van der Waals surface area contributed by atoms with Crippen LogP contribution < -0.4 is 10.1 Å². The maximum absolute atomic E-state index is 6.01. The number of benzene rings is 1. The first-order chi connectivity index (χ1) is 9.29. The van der Waals surface area contributed by atoms with E-state index < -0.39 is 0 Å². The van der Waals surface area contributed by atoms with Gasteiger partial charge in [-0.25, -0.2) is 0 Å². The predicted octanol–water partition coefficient (Wildman–Crippen LogP) is 2.73. The minimum atomic E-state index is 0.586. The molecule has 102 valence electrons. The number of hydrogen-bond donors (Lipinski definition) is 1. The van der Waals surface area contributed by atoms with Gasteiger partial charge in [0, 0.05) is 29.5 Å². The molecule has 0 aliphatic carbocycles. The average Bonchev–Trinajstić information content (AvgIpc) is 2.91. The highest BCUT2D eigenvalue weighted by molar-refractivity contribution is 6.30. The molecule has 2 rings (SSSR count). The van der Waals surface area contributed by atoms with Crippen LogP contribution in [0.4, 0.5) is 0 Å². The Balaban J connectivity index is 1.94. The van der Waals surface area contributed by atoms with E-state index in [1.165, 1.54) is 0 Å². The van der Waals surface area contributed by atoms with Gasteiger partial charge in [0.1, 0.15) is 12.4 Å². The summed E-state index contributed by atoms with van der Waals surface area (Å²) in [6.07, 6.45) is 3.68. The first-order valence-electron chi connectivity index (χ1n) is 6.39. The van der Waals surface area contributed by atoms with Crippen molar-refractivity contribution in [1.82, 2.24) is 15.1 Å². The maximum Gasteiger partial charge on any atom is 0.123 e. The molecule has 0 radical (unpaired) electrons. The van der Waals surface area contributed by atoms with E-state index >= 15 is 0 Å². The van der Waals surface area contributed by atoms with Gasteiger partial charge in [-0.3, -0.25) is 4.68 Å². The molecule has 19 heavy (non-hydrogen) atoms. The molecular weight excluding hydrogens is 262 g/mol. The summed E-state index contributed by atoms with van der Waals surface area (Å²) >= 11 is 6.01. The number of aromatic nitrogens is 2. The Labute approximate surface area is 118 Å². The largest absolute Gasteiger partial charge is 0.491 e. The molecule has 0 bridgehead atoms. The number of halogens is 1. The Morgan fingerprint density at radius 2 is 2.32 bits per heavy atom. The van der Waals surface area contributed by atoms with Crippen LogP contribution in [0.1, 0.15) is 12.5 Å². The van der Waals surface area contributed by atoms with Gasteiger partial charge in [0.15, 0.2) is 0 Å². The monoisotopic (exact) mass is 279 g/mol. The summed E-state index contributed by atoms with van der Waals surface area (Å²) in [4.78, 5) is 0. The van der Waals surface area contributed by atoms with Crippen LogP contribution in [0.2, 0.25) is 5.02 Å². The lowest BCUT2D eigenvalue weighted by atomic mass is 10.2. The van der Waals surface area contributed by atoms with Crippen molar-refractivity contribution in [3.8, 4) is 5.75 Å². The molecule has 0 spiro atoms. The van der Waals surface area contributed by atoms with Crippen LogP contribution in [-0.4, -0.2) is 22.9 Å². The highest BCUT2D eigenvalue weighted by Crippen LogP contribution is 2.22. The van der Waals surface area contributed by atoms with Crippen molar-refractivity contribution in [3.63, 3.8) is 0 Å². The summed E-state index contributed by atoms with van der Waals surface area (Å²) in [5, 5.41) is 8.15. The fourth-order valence-corrected chi connectivity index (χ4v) is 1.96. The first-order valence-corrected chi connectivity index (χ1v) is 6.76. The number of ether oxygens (including phenoxy) is 1. The van der Waals surface area contributed by atoms with Crippen molar-refractivity contribution in [2.24, 2.45) is 0 Å². The van der Waals surface area contributed by atoms with Crippen molar-refractivity contribution < 1.29 is 4.74 Å². The smallest absolute Gasteiger partial charge is 0.123 e. The average molecular weight is 280 g/mol. The molecule has 0 unspecified atom stereocenters. The molecule has 1 heterocycles. The second-order valence-corrected chi connectivity index (χ2v) is 4.59. The standard InChI is InChI=1S/C14H18ClN3O/c1-2-16-11-12-10-13(15)4-5-14(12)19-9-8-18-7-3-6-17-18/h3-7,10,16H,2,8-9,11H2,1H3. The zero-order chi connectivity index (χ0) is 13.5. The molecule has 0 saturated carbocycles. The van der Waals surface area contributed by atoms with E-state index in [-0.39, 0.29) is 0 Å². The lowest BCUT2D eigenvalue weighted by molar-refractivity contribution is 0.288. The van der Waals surface area contributed by atoms with E-state index in [0.717, 1.165) is 36.0 Å². The first kappa shape index (κ1) is 13.9. The molecule has 5 heteroatoms. The van der Waals surface area contributed by atoms with E-state index in [2.05, 4.69) is 17.3 Å². The van der Waals surface area contributed by atoms with Gasteiger partial charge in [0.05, 0.1) is 6.54 Å². The molecule has 1 N–H and O–H groups in total. The van der Waals surface area contributed by atoms with E-state index in [0.29, 0.717) is 6.61 Å². The molecule has 2 aromatic rings. The molecule has 4 nitrogen and oxygen atoms in total. The van der Waals surface area contributed by atoms with Crippen molar-refractivity contribution in [2.45, 2.75) is 20.0 Å². The topological polar surface area (TPSA) is 39.1 Å². The van der Waals surface area contributed by atoms with E-state index in [1.807, 2.05) is 35.1 Å². The molecule has 0 amide bonds. The van der Waals surface area contributed by atoms with Gasteiger partial charge in [0.25, 0.3) is 0 Å². The molecular formula is C14H18ClN3O. The third-order valence-corrected chi connectivity index (χ3v) is 2.96. The van der Waals surface area contributed by atoms with Gasteiger partial charge >= 0.3 is 0 Å². The van der Waals surface area contributed by atoms with Crippen molar-refractivity contribution in [2.75, 3.05) is 13.2 Å². The van der Waals surface area contributed by atoms with Crippen LogP contribution in [0.5, 0.6) is 5.75 Å². The quantitative estimate of drug-likeness (QED) is 0.847. The minimum absolute atomic E-state index is 0.586. The van der Waals surface area contributed by atoms with Crippen LogP contribution in [0.15, 0.2) is 36.7 Å². The zero-order valence-corrected chi connectivity index (χ0v) is 11.7. The molecule has 0 aliphatic rings. The van der Waals surface area contributed by atoms with Gasteiger partial charge in [0.2, 0.25) is 0 Å². The van der Waals surface area contributed by atoms with Gasteiger partial charge < -0.3 is 10.1 Å². The summed E-state index contributed by atoms with van der Waals surface area (Å²) in [5.74, 6) is 0.873. The van der Waals surface area contributed by atoms with Gasteiger partial charge in [-0.05, 0) is 30.8 Å². The summed E-state index contributed by atoms with van der Waals surface area (Å²) in [5.41, 5.74) is 1.08. The summed E-state index contributed by atoms with van der Waals surface area (Å²) < 4.78 is 7.65. The lowest BCUT2D eigenvalue weighted by Crippen LogP contribution is -2.14. The summed E-state index contributed by atoms with van der Waals surface area (Å²) in [7, 11) is 0. The van der Waals surface area contributed by atoms with Crippen LogP contribution in [-0.2, 0) is 13.1 Å². The number of hydrogen-bond acceptors (Lipinski definition) is 3. The molecule has 1 aromatic heterocycles. The SMILES string of the molecule is CCNCc1cc(Cl)ccc1OCCn1cccn1.